The Balaban J connectivity index is 1.88. The van der Waals surface area contributed by atoms with E-state index in [1.165, 1.54) is 27.7 Å². The van der Waals surface area contributed by atoms with Crippen LogP contribution in [-0.2, 0) is 38.1 Å². The number of aliphatic hydroxyl groups excluding tert-OH is 1. The number of hydrogen-bond donors (Lipinski definition) is 1. The Kier molecular flexibility index (Phi) is 10.6. The van der Waals surface area contributed by atoms with Crippen LogP contribution in [0.4, 0.5) is 0 Å². The molecule has 0 aliphatic heterocycles. The van der Waals surface area contributed by atoms with Gasteiger partial charge in [0.25, 0.3) is 0 Å². The molecule has 0 aromatic carbocycles. The maximum atomic E-state index is 12.8. The molecule has 4 aliphatic carbocycles. The first kappa shape index (κ1) is 34.5. The summed E-state index contributed by atoms with van der Waals surface area (Å²) in [4.78, 5) is 50.0. The summed E-state index contributed by atoms with van der Waals surface area (Å²) in [5, 5.41) is 10.8. The Morgan fingerprint density at radius 3 is 2.09 bits per heavy atom. The van der Waals surface area contributed by atoms with Crippen molar-refractivity contribution in [3.63, 3.8) is 0 Å². The van der Waals surface area contributed by atoms with Crippen LogP contribution in [0.3, 0.4) is 0 Å². The van der Waals surface area contributed by atoms with E-state index in [1.807, 2.05) is 6.08 Å². The highest BCUT2D eigenvalue weighted by molar-refractivity contribution is 5.68. The largest absolute Gasteiger partial charge is 0.465 e. The molecule has 4 rings (SSSR count). The van der Waals surface area contributed by atoms with Gasteiger partial charge in [-0.15, -0.1) is 0 Å². The lowest BCUT2D eigenvalue weighted by Crippen LogP contribution is -2.65. The normalized spacial score (nSPS) is 38.4. The molecule has 3 unspecified atom stereocenters. The summed E-state index contributed by atoms with van der Waals surface area (Å²) in [5.41, 5.74) is -0.430. The highest BCUT2D eigenvalue weighted by Gasteiger charge is 2.70. The zero-order valence-electron chi connectivity index (χ0n) is 27.9. The second-order valence-corrected chi connectivity index (χ2v) is 14.7. The Labute approximate surface area is 262 Å². The van der Waals surface area contributed by atoms with Gasteiger partial charge in [0, 0.05) is 50.9 Å². The molecule has 0 bridgehead atoms. The van der Waals surface area contributed by atoms with Crippen LogP contribution in [0.1, 0.15) is 107 Å². The predicted molar refractivity (Wildman–Crippen MR) is 163 cm³/mol. The van der Waals surface area contributed by atoms with E-state index in [4.69, 9.17) is 18.9 Å². The molecule has 4 aliphatic rings. The van der Waals surface area contributed by atoms with E-state index >= 15 is 0 Å². The summed E-state index contributed by atoms with van der Waals surface area (Å²) < 4.78 is 24.2. The Hall–Kier alpha value is -2.42. The summed E-state index contributed by atoms with van der Waals surface area (Å²) >= 11 is 0. The quantitative estimate of drug-likeness (QED) is 0.190. The van der Waals surface area contributed by atoms with Crippen molar-refractivity contribution in [2.75, 3.05) is 6.61 Å². The number of carbonyl (C=O) groups excluding carboxylic acids is 4. The van der Waals surface area contributed by atoms with Gasteiger partial charge in [-0.25, -0.2) is 0 Å². The SMILES string of the molecule is CC(=O)OC[C@]12C(CC[C@@H]1[C@H](C)CCCC(C)C)C1C(C[C@H]2OC(C)=O)[C@]2(C)C(=C[C@@H]1OC(C)=O)C[C@@H](O)C[C@H]2OC(C)=O. The van der Waals surface area contributed by atoms with Gasteiger partial charge in [0.15, 0.2) is 0 Å². The highest BCUT2D eigenvalue weighted by Crippen LogP contribution is 2.68. The lowest BCUT2D eigenvalue weighted by atomic mass is 9.44. The molecule has 9 nitrogen and oxygen atoms in total. The molecule has 11 atom stereocenters. The number of ether oxygens (including phenoxy) is 4. The van der Waals surface area contributed by atoms with Crippen LogP contribution < -0.4 is 0 Å². The monoisotopic (exact) mass is 618 g/mol. The molecule has 44 heavy (non-hydrogen) atoms. The third-order valence-corrected chi connectivity index (χ3v) is 11.6. The molecule has 248 valence electrons. The molecule has 3 saturated carbocycles. The molecule has 0 aromatic rings. The molecule has 0 aromatic heterocycles. The number of esters is 4. The minimum Gasteiger partial charge on any atom is -0.465 e. The standard InChI is InChI=1S/C35H54O9/c1-19(2)10-9-11-20(3)27-12-13-28-33-29(17-32(44-24(7)39)35(27,28)18-41-21(4)36)34(8)25(15-30(33)42-22(5)37)14-26(40)16-31(34)43-23(6)38/h15,19-20,26-33,40H,9-14,16-18H2,1-8H3/t20-,26-,27-,28?,29?,30+,31-,32-,33?,34+,35-/m1/s1. The van der Waals surface area contributed by atoms with E-state index in [-0.39, 0.29) is 36.2 Å². The average molecular weight is 619 g/mol. The first-order valence-corrected chi connectivity index (χ1v) is 16.6. The van der Waals surface area contributed by atoms with E-state index in [2.05, 4.69) is 27.7 Å². The van der Waals surface area contributed by atoms with Crippen molar-refractivity contribution in [2.45, 2.75) is 131 Å². The zero-order valence-corrected chi connectivity index (χ0v) is 27.9. The van der Waals surface area contributed by atoms with E-state index in [9.17, 15) is 24.3 Å². The van der Waals surface area contributed by atoms with Gasteiger partial charge in [0.05, 0.1) is 6.10 Å². The molecule has 0 heterocycles. The molecule has 9 heteroatoms. The Morgan fingerprint density at radius 2 is 1.50 bits per heavy atom. The maximum Gasteiger partial charge on any atom is 0.303 e. The Bertz CT molecular complexity index is 1130. The van der Waals surface area contributed by atoms with Crippen molar-refractivity contribution in [3.05, 3.63) is 11.6 Å². The van der Waals surface area contributed by atoms with Crippen LogP contribution in [0.5, 0.6) is 0 Å². The smallest absolute Gasteiger partial charge is 0.303 e. The molecule has 0 radical (unpaired) electrons. The summed E-state index contributed by atoms with van der Waals surface area (Å²) in [7, 11) is 0. The number of carbonyl (C=O) groups is 4. The van der Waals surface area contributed by atoms with Crippen LogP contribution in [0, 0.1) is 46.3 Å². The Morgan fingerprint density at radius 1 is 0.864 bits per heavy atom. The summed E-state index contributed by atoms with van der Waals surface area (Å²) in [5.74, 6) is -1.03. The molecular weight excluding hydrogens is 564 g/mol. The molecule has 0 spiro atoms. The van der Waals surface area contributed by atoms with Crippen molar-refractivity contribution in [1.29, 1.82) is 0 Å². The first-order chi connectivity index (χ1) is 20.6. The van der Waals surface area contributed by atoms with Gasteiger partial charge in [0.2, 0.25) is 0 Å². The lowest BCUT2D eigenvalue weighted by Gasteiger charge is -2.62. The molecule has 0 saturated heterocycles. The zero-order chi connectivity index (χ0) is 32.6. The second kappa shape index (κ2) is 13.5. The number of aliphatic hydroxyl groups is 1. The van der Waals surface area contributed by atoms with Crippen LogP contribution >= 0.6 is 0 Å². The van der Waals surface area contributed by atoms with Gasteiger partial charge in [-0.2, -0.15) is 0 Å². The van der Waals surface area contributed by atoms with Gasteiger partial charge in [-0.3, -0.25) is 19.2 Å². The second-order valence-electron chi connectivity index (χ2n) is 14.7. The fourth-order valence-corrected chi connectivity index (χ4v) is 9.91. The van der Waals surface area contributed by atoms with Gasteiger partial charge in [-0.05, 0) is 61.3 Å². The molecular formula is C35H54O9. The summed E-state index contributed by atoms with van der Waals surface area (Å²) in [6.45, 7) is 14.5. The third-order valence-electron chi connectivity index (χ3n) is 11.6. The van der Waals surface area contributed by atoms with Crippen LogP contribution in [0.2, 0.25) is 0 Å². The van der Waals surface area contributed by atoms with Crippen LogP contribution in [-0.4, -0.2) is 60.0 Å². The number of rotatable bonds is 10. The topological polar surface area (TPSA) is 125 Å². The number of hydrogen-bond acceptors (Lipinski definition) is 9. The molecule has 3 fully saturated rings. The van der Waals surface area contributed by atoms with Crippen molar-refractivity contribution < 1.29 is 43.2 Å². The fourth-order valence-electron chi connectivity index (χ4n) is 9.91. The van der Waals surface area contributed by atoms with E-state index in [0.29, 0.717) is 31.1 Å². The van der Waals surface area contributed by atoms with Gasteiger partial charge in [-0.1, -0.05) is 52.5 Å². The van der Waals surface area contributed by atoms with E-state index in [1.54, 1.807) is 0 Å². The van der Waals surface area contributed by atoms with E-state index < -0.39 is 53.2 Å². The van der Waals surface area contributed by atoms with Crippen molar-refractivity contribution in [1.82, 2.24) is 0 Å². The van der Waals surface area contributed by atoms with Crippen molar-refractivity contribution in [2.24, 2.45) is 46.3 Å². The van der Waals surface area contributed by atoms with Crippen LogP contribution in [0.25, 0.3) is 0 Å². The van der Waals surface area contributed by atoms with Crippen molar-refractivity contribution >= 4 is 23.9 Å². The molecule has 0 amide bonds. The minimum atomic E-state index is -0.702. The van der Waals surface area contributed by atoms with E-state index in [0.717, 1.165) is 37.7 Å². The average Bonchev–Trinajstić information content (AvgIpc) is 3.29. The van der Waals surface area contributed by atoms with Gasteiger partial charge < -0.3 is 24.1 Å². The van der Waals surface area contributed by atoms with Crippen molar-refractivity contribution in [3.8, 4) is 0 Å². The highest BCUT2D eigenvalue weighted by atomic mass is 16.6. The third kappa shape index (κ3) is 6.59. The lowest BCUT2D eigenvalue weighted by molar-refractivity contribution is -0.219. The summed E-state index contributed by atoms with van der Waals surface area (Å²) in [6, 6.07) is 0. The maximum absolute atomic E-state index is 12.8. The first-order valence-electron chi connectivity index (χ1n) is 16.6. The number of fused-ring (bicyclic) bond motifs is 5. The summed E-state index contributed by atoms with van der Waals surface area (Å²) in [6.07, 6.45) is 5.60. The minimum absolute atomic E-state index is 0.0914. The molecule has 1 N–H and O–H groups in total. The van der Waals surface area contributed by atoms with Gasteiger partial charge >= 0.3 is 23.9 Å². The van der Waals surface area contributed by atoms with Gasteiger partial charge in [0.1, 0.15) is 24.9 Å². The predicted octanol–water partition coefficient (Wildman–Crippen LogP) is 5.56. The fraction of sp³-hybridized carbons (Fsp3) is 0.829. The van der Waals surface area contributed by atoms with Crippen LogP contribution in [0.15, 0.2) is 11.6 Å².